The molecular formula is C5H5NO3. The number of rotatable bonds is 1. The van der Waals surface area contributed by atoms with E-state index in [9.17, 15) is 9.59 Å². The molecule has 1 N–H and O–H groups in total. The zero-order chi connectivity index (χ0) is 7.02. The zero-order valence-corrected chi connectivity index (χ0v) is 4.79. The minimum Gasteiger partial charge on any atom is -0.477 e. The topological polar surface area (TPSA) is 57.4 Å². The smallest absolute Gasteiger partial charge is 0.354 e. The fourth-order valence-electron chi connectivity index (χ4n) is 0.512. The maximum atomic E-state index is 10.3. The second-order valence-electron chi connectivity index (χ2n) is 1.71. The molecule has 0 aromatic heterocycles. The highest BCUT2D eigenvalue weighted by atomic mass is 16.4. The highest BCUT2D eigenvalue weighted by molar-refractivity contribution is 5.98. The van der Waals surface area contributed by atoms with Crippen LogP contribution in [0.15, 0.2) is 11.9 Å². The standard InChI is InChI=1S/C5H5NO3/c1-3(7)6-2-4(6)5(8)9/h2H,1H3,(H,8,9). The molecule has 0 unspecified atom stereocenters. The molecule has 0 saturated carbocycles. The number of hydrogen-bond acceptors (Lipinski definition) is 2. The van der Waals surface area contributed by atoms with Gasteiger partial charge in [-0.3, -0.25) is 9.69 Å². The van der Waals surface area contributed by atoms with Gasteiger partial charge in [0, 0.05) is 13.1 Å². The predicted molar refractivity (Wildman–Crippen MR) is 28.2 cm³/mol. The molecule has 0 aromatic rings. The van der Waals surface area contributed by atoms with Gasteiger partial charge in [-0.1, -0.05) is 0 Å². The van der Waals surface area contributed by atoms with Gasteiger partial charge in [-0.15, -0.1) is 0 Å². The van der Waals surface area contributed by atoms with Crippen molar-refractivity contribution in [3.63, 3.8) is 0 Å². The minimum absolute atomic E-state index is 0.0718. The van der Waals surface area contributed by atoms with Gasteiger partial charge >= 0.3 is 5.97 Å². The average molecular weight is 127 g/mol. The number of carbonyl (C=O) groups is 2. The third kappa shape index (κ3) is 0.910. The van der Waals surface area contributed by atoms with Crippen LogP contribution in [0.4, 0.5) is 0 Å². The van der Waals surface area contributed by atoms with Gasteiger partial charge < -0.3 is 5.11 Å². The molecular weight excluding hydrogens is 122 g/mol. The van der Waals surface area contributed by atoms with Crippen LogP contribution in [0.3, 0.4) is 0 Å². The second kappa shape index (κ2) is 1.58. The number of hydrogen-bond donors (Lipinski definition) is 1. The predicted octanol–water partition coefficient (Wildman–Crippen LogP) is -0.225. The van der Waals surface area contributed by atoms with Crippen molar-refractivity contribution in [2.45, 2.75) is 6.92 Å². The number of carbonyl (C=O) groups excluding carboxylic acids is 1. The monoisotopic (exact) mass is 127 g/mol. The molecule has 48 valence electrons. The quantitative estimate of drug-likeness (QED) is 0.529. The van der Waals surface area contributed by atoms with Crippen molar-refractivity contribution in [3.05, 3.63) is 11.9 Å². The van der Waals surface area contributed by atoms with E-state index in [1.807, 2.05) is 0 Å². The van der Waals surface area contributed by atoms with Crippen molar-refractivity contribution in [1.82, 2.24) is 4.90 Å². The Kier molecular flexibility index (Phi) is 1.02. The number of carboxylic acids is 1. The molecule has 0 aromatic carbocycles. The Labute approximate surface area is 51.4 Å². The lowest BCUT2D eigenvalue weighted by atomic mass is 10.6. The lowest BCUT2D eigenvalue weighted by Gasteiger charge is -1.92. The Morgan fingerprint density at radius 1 is 1.67 bits per heavy atom. The van der Waals surface area contributed by atoms with Crippen molar-refractivity contribution in [1.29, 1.82) is 0 Å². The first-order valence-corrected chi connectivity index (χ1v) is 2.38. The first-order valence-electron chi connectivity index (χ1n) is 2.38. The van der Waals surface area contributed by atoms with Crippen LogP contribution in [-0.2, 0) is 9.59 Å². The van der Waals surface area contributed by atoms with Crippen LogP contribution >= 0.6 is 0 Å². The first-order chi connectivity index (χ1) is 4.13. The number of carboxylic acid groups (broad SMARTS) is 1. The van der Waals surface area contributed by atoms with Crippen LogP contribution in [0.1, 0.15) is 6.92 Å². The Bertz CT molecular complexity index is 206. The summed E-state index contributed by atoms with van der Waals surface area (Å²) in [6.45, 7) is 1.31. The van der Waals surface area contributed by atoms with Crippen LogP contribution in [0.25, 0.3) is 0 Å². The Balaban J connectivity index is 2.49. The molecule has 4 nitrogen and oxygen atoms in total. The fourth-order valence-corrected chi connectivity index (χ4v) is 0.512. The molecule has 0 aliphatic carbocycles. The summed E-state index contributed by atoms with van der Waals surface area (Å²) in [5.41, 5.74) is 0.0718. The van der Waals surface area contributed by atoms with Crippen LogP contribution in [0.2, 0.25) is 0 Å². The van der Waals surface area contributed by atoms with E-state index in [1.54, 1.807) is 0 Å². The number of nitrogens with zero attached hydrogens (tertiary/aromatic N) is 1. The molecule has 0 saturated heterocycles. The van der Waals surface area contributed by atoms with Gasteiger partial charge in [-0.2, -0.15) is 0 Å². The summed E-state index contributed by atoms with van der Waals surface area (Å²) >= 11 is 0. The minimum atomic E-state index is -1.05. The first kappa shape index (κ1) is 5.81. The van der Waals surface area contributed by atoms with E-state index in [-0.39, 0.29) is 11.6 Å². The molecule has 1 rings (SSSR count). The summed E-state index contributed by atoms with van der Waals surface area (Å²) in [7, 11) is 0. The van der Waals surface area contributed by atoms with Crippen LogP contribution in [0, 0.1) is 0 Å². The van der Waals surface area contributed by atoms with E-state index in [4.69, 9.17) is 5.11 Å². The van der Waals surface area contributed by atoms with Gasteiger partial charge in [0.2, 0.25) is 5.91 Å². The maximum absolute atomic E-state index is 10.3. The van der Waals surface area contributed by atoms with Gasteiger partial charge in [0.15, 0.2) is 5.70 Å². The van der Waals surface area contributed by atoms with Crippen LogP contribution in [-0.4, -0.2) is 21.9 Å². The normalized spacial score (nSPS) is 14.8. The van der Waals surface area contributed by atoms with Gasteiger partial charge in [0.1, 0.15) is 0 Å². The van der Waals surface area contributed by atoms with E-state index in [2.05, 4.69) is 0 Å². The van der Waals surface area contributed by atoms with Crippen molar-refractivity contribution in [2.75, 3.05) is 0 Å². The molecule has 0 bridgehead atoms. The number of aliphatic carboxylic acids is 1. The van der Waals surface area contributed by atoms with Crippen molar-refractivity contribution in [2.24, 2.45) is 0 Å². The Morgan fingerprint density at radius 2 is 2.22 bits per heavy atom. The molecule has 9 heavy (non-hydrogen) atoms. The summed E-state index contributed by atoms with van der Waals surface area (Å²) in [6, 6.07) is 0. The van der Waals surface area contributed by atoms with Crippen molar-refractivity contribution in [3.8, 4) is 0 Å². The molecule has 0 spiro atoms. The summed E-state index contributed by atoms with van der Waals surface area (Å²) in [4.78, 5) is 21.4. The largest absolute Gasteiger partial charge is 0.477 e. The van der Waals surface area contributed by atoms with E-state index in [0.29, 0.717) is 0 Å². The molecule has 1 aliphatic heterocycles. The van der Waals surface area contributed by atoms with E-state index < -0.39 is 5.97 Å². The molecule has 4 heteroatoms. The van der Waals surface area contributed by atoms with Crippen molar-refractivity contribution < 1.29 is 14.7 Å². The molecule has 0 atom stereocenters. The number of amides is 1. The van der Waals surface area contributed by atoms with Crippen molar-refractivity contribution >= 4 is 11.9 Å². The van der Waals surface area contributed by atoms with Gasteiger partial charge in [-0.05, 0) is 0 Å². The Morgan fingerprint density at radius 3 is 2.33 bits per heavy atom. The highest BCUT2D eigenvalue weighted by Gasteiger charge is 2.30. The van der Waals surface area contributed by atoms with E-state index in [1.165, 1.54) is 13.1 Å². The summed E-state index contributed by atoms with van der Waals surface area (Å²) in [5, 5.41) is 8.21. The second-order valence-corrected chi connectivity index (χ2v) is 1.71. The van der Waals surface area contributed by atoms with Gasteiger partial charge in [-0.25, -0.2) is 4.79 Å². The SMILES string of the molecule is CC(=O)N1C=C1C(=O)O. The summed E-state index contributed by atoms with van der Waals surface area (Å²) in [5.74, 6) is -1.31. The van der Waals surface area contributed by atoms with E-state index in [0.717, 1.165) is 4.90 Å². The third-order valence-electron chi connectivity index (χ3n) is 1.00. The molecule has 1 amide bonds. The summed E-state index contributed by atoms with van der Waals surface area (Å²) in [6.07, 6.45) is 1.28. The third-order valence-corrected chi connectivity index (χ3v) is 1.00. The molecule has 0 radical (unpaired) electrons. The Hall–Kier alpha value is -1.32. The maximum Gasteiger partial charge on any atom is 0.354 e. The molecule has 1 heterocycles. The molecule has 0 fully saturated rings. The van der Waals surface area contributed by atoms with Gasteiger partial charge in [0.25, 0.3) is 0 Å². The average Bonchev–Trinajstić information content (AvgIpc) is 2.39. The van der Waals surface area contributed by atoms with Crippen LogP contribution in [0.5, 0.6) is 0 Å². The summed E-state index contributed by atoms with van der Waals surface area (Å²) < 4.78 is 0. The van der Waals surface area contributed by atoms with Crippen LogP contribution < -0.4 is 0 Å². The molecule has 1 aliphatic rings. The zero-order valence-electron chi connectivity index (χ0n) is 4.79. The fraction of sp³-hybridized carbons (Fsp3) is 0.200. The van der Waals surface area contributed by atoms with Gasteiger partial charge in [0.05, 0.1) is 0 Å². The highest BCUT2D eigenvalue weighted by Crippen LogP contribution is 2.19. The lowest BCUT2D eigenvalue weighted by molar-refractivity contribution is -0.135. The van der Waals surface area contributed by atoms with E-state index >= 15 is 0 Å². The lowest BCUT2D eigenvalue weighted by Crippen LogP contribution is -2.10.